The predicted octanol–water partition coefficient (Wildman–Crippen LogP) is 6.75. The molecule has 4 aromatic rings. The van der Waals surface area contributed by atoms with E-state index in [9.17, 15) is 4.79 Å². The quantitative estimate of drug-likeness (QED) is 0.268. The number of ether oxygens (including phenoxy) is 1. The van der Waals surface area contributed by atoms with Crippen LogP contribution in [0.5, 0.6) is 0 Å². The Morgan fingerprint density at radius 2 is 1.95 bits per heavy atom. The average molecular weight is 523 g/mol. The van der Waals surface area contributed by atoms with Crippen molar-refractivity contribution in [2.45, 2.75) is 52.0 Å². The molecule has 3 fully saturated rings. The van der Waals surface area contributed by atoms with Crippen molar-refractivity contribution >= 4 is 16.8 Å². The molecule has 2 aromatic heterocycles. The Balaban J connectivity index is 1.20. The van der Waals surface area contributed by atoms with E-state index in [2.05, 4.69) is 58.6 Å². The summed E-state index contributed by atoms with van der Waals surface area (Å²) in [5, 5.41) is 11.9. The number of pyridine rings is 1. The number of benzene rings is 2. The number of nitrogens with zero attached hydrogens (tertiary/aromatic N) is 2. The van der Waals surface area contributed by atoms with Gasteiger partial charge < -0.3 is 10.1 Å². The third kappa shape index (κ3) is 5.76. The summed E-state index contributed by atoms with van der Waals surface area (Å²) in [6, 6.07) is 20.3. The van der Waals surface area contributed by atoms with Gasteiger partial charge in [-0.25, -0.2) is 0 Å². The molecule has 3 unspecified atom stereocenters. The van der Waals surface area contributed by atoms with Crippen molar-refractivity contribution in [1.29, 1.82) is 0 Å². The summed E-state index contributed by atoms with van der Waals surface area (Å²) in [4.78, 5) is 17.9. The van der Waals surface area contributed by atoms with Gasteiger partial charge in [0.2, 0.25) is 0 Å². The fourth-order valence-corrected chi connectivity index (χ4v) is 6.46. The van der Waals surface area contributed by atoms with Crippen LogP contribution >= 0.6 is 0 Å². The number of hydrogen-bond acceptors (Lipinski definition) is 4. The summed E-state index contributed by atoms with van der Waals surface area (Å²) in [6.07, 6.45) is 7.64. The molecule has 3 aliphatic rings. The van der Waals surface area contributed by atoms with Gasteiger partial charge in [-0.1, -0.05) is 44.2 Å². The lowest BCUT2D eigenvalue weighted by molar-refractivity contribution is 0.0931. The molecule has 7 rings (SSSR count). The lowest BCUT2D eigenvalue weighted by atomic mass is 9.73. The van der Waals surface area contributed by atoms with E-state index in [4.69, 9.17) is 4.74 Å². The molecule has 2 aliphatic heterocycles. The minimum atomic E-state index is -0.138. The van der Waals surface area contributed by atoms with Gasteiger partial charge in [-0.2, -0.15) is 5.10 Å². The Hall–Kier alpha value is -3.51. The zero-order chi connectivity index (χ0) is 26.8. The summed E-state index contributed by atoms with van der Waals surface area (Å²) in [6.45, 7) is 6.19. The second-order valence-corrected chi connectivity index (χ2v) is 11.9. The average Bonchev–Trinajstić information content (AvgIpc) is 3.10. The number of hydrogen-bond donors (Lipinski definition) is 2. The van der Waals surface area contributed by atoms with Gasteiger partial charge in [0.15, 0.2) is 0 Å². The number of H-pyrrole nitrogens is 1. The lowest BCUT2D eigenvalue weighted by Gasteiger charge is -2.31. The number of aromatic nitrogens is 3. The third-order valence-electron chi connectivity index (χ3n) is 8.54. The van der Waals surface area contributed by atoms with Crippen LogP contribution in [0, 0.1) is 23.7 Å². The molecular formula is C33H38N4O2. The molecule has 6 heteroatoms. The van der Waals surface area contributed by atoms with Crippen LogP contribution in [0.25, 0.3) is 22.2 Å². The summed E-state index contributed by atoms with van der Waals surface area (Å²) < 4.78 is 5.90. The van der Waals surface area contributed by atoms with Gasteiger partial charge in [0.05, 0.1) is 22.9 Å². The van der Waals surface area contributed by atoms with Crippen molar-refractivity contribution < 1.29 is 9.53 Å². The van der Waals surface area contributed by atoms with Crippen molar-refractivity contribution in [3.8, 4) is 11.3 Å². The van der Waals surface area contributed by atoms with E-state index in [1.807, 2.05) is 36.4 Å². The molecule has 2 aromatic carbocycles. The van der Waals surface area contributed by atoms with Crippen molar-refractivity contribution in [1.82, 2.24) is 20.5 Å². The smallest absolute Gasteiger partial charge is 0.251 e. The van der Waals surface area contributed by atoms with Crippen LogP contribution in [-0.2, 0) is 11.2 Å². The minimum Gasteiger partial charge on any atom is -0.381 e. The maximum Gasteiger partial charge on any atom is 0.251 e. The highest BCUT2D eigenvalue weighted by molar-refractivity contribution is 6.01. The van der Waals surface area contributed by atoms with Gasteiger partial charge in [0.1, 0.15) is 0 Å². The first-order valence-corrected chi connectivity index (χ1v) is 14.4. The molecule has 2 N–H and O–H groups in total. The molecule has 202 valence electrons. The summed E-state index contributed by atoms with van der Waals surface area (Å²) >= 11 is 0. The third-order valence-corrected chi connectivity index (χ3v) is 8.54. The zero-order valence-electron chi connectivity index (χ0n) is 22.9. The van der Waals surface area contributed by atoms with E-state index in [0.29, 0.717) is 17.4 Å². The monoisotopic (exact) mass is 522 g/mol. The van der Waals surface area contributed by atoms with Crippen molar-refractivity contribution in [3.63, 3.8) is 0 Å². The molecule has 6 nitrogen and oxygen atoms in total. The van der Waals surface area contributed by atoms with Gasteiger partial charge in [0.25, 0.3) is 5.91 Å². The first-order valence-electron chi connectivity index (χ1n) is 14.4. The standard InChI is InChI=1S/C33H38N4O2/c1-21(2)15-31(30-5-3-4-14-34-30)35-33(38)25-12-13-29-28(18-25)32(37-36-29)24-9-6-22(7-10-24)16-27-17-23-8-11-26(27)20-39-19-23/h3-7,9-10,12-14,18,21,23,26-27,31H,8,11,15-17,19-20H2,1-2H3,(H,35,38)(H,36,37)/t23?,26?,27?,31-/m0/s1. The second kappa shape index (κ2) is 11.3. The predicted molar refractivity (Wildman–Crippen MR) is 154 cm³/mol. The summed E-state index contributed by atoms with van der Waals surface area (Å²) in [7, 11) is 0. The zero-order valence-corrected chi connectivity index (χ0v) is 22.9. The molecule has 4 atom stereocenters. The number of fused-ring (bicyclic) bond motifs is 5. The Kier molecular flexibility index (Phi) is 7.47. The molecule has 1 aliphatic carbocycles. The van der Waals surface area contributed by atoms with E-state index < -0.39 is 0 Å². The van der Waals surface area contributed by atoms with Crippen molar-refractivity contribution in [2.75, 3.05) is 13.2 Å². The first-order chi connectivity index (χ1) is 19.0. The second-order valence-electron chi connectivity index (χ2n) is 11.9. The van der Waals surface area contributed by atoms with Crippen molar-refractivity contribution in [3.05, 3.63) is 83.7 Å². The van der Waals surface area contributed by atoms with Crippen LogP contribution in [-0.4, -0.2) is 34.3 Å². The molecule has 1 amide bonds. The molecule has 2 bridgehead atoms. The molecule has 2 saturated heterocycles. The van der Waals surface area contributed by atoms with E-state index in [-0.39, 0.29) is 11.9 Å². The van der Waals surface area contributed by atoms with Crippen LogP contribution < -0.4 is 5.32 Å². The Labute approximate surface area is 230 Å². The molecular weight excluding hydrogens is 484 g/mol. The molecule has 39 heavy (non-hydrogen) atoms. The number of rotatable bonds is 8. The van der Waals surface area contributed by atoms with E-state index >= 15 is 0 Å². The van der Waals surface area contributed by atoms with Crippen LogP contribution in [0.4, 0.5) is 0 Å². The van der Waals surface area contributed by atoms with Crippen LogP contribution in [0.3, 0.4) is 0 Å². The van der Waals surface area contributed by atoms with Crippen LogP contribution in [0.15, 0.2) is 66.9 Å². The normalized spacial score (nSPS) is 21.7. The SMILES string of the molecule is CC(C)C[C@H](NC(=O)c1ccc2[nH]nc(-c3ccc(CC4CC5CCC4COC5)cc3)c2c1)c1ccccn1. The fourth-order valence-electron chi connectivity index (χ4n) is 6.46. The van der Waals surface area contributed by atoms with E-state index in [1.165, 1.54) is 24.8 Å². The fraction of sp³-hybridized carbons (Fsp3) is 0.424. The number of amides is 1. The largest absolute Gasteiger partial charge is 0.381 e. The van der Waals surface area contributed by atoms with Gasteiger partial charge >= 0.3 is 0 Å². The Morgan fingerprint density at radius 3 is 2.74 bits per heavy atom. The molecule has 1 saturated carbocycles. The summed E-state index contributed by atoms with van der Waals surface area (Å²) in [5.74, 6) is 2.47. The van der Waals surface area contributed by atoms with Gasteiger partial charge in [-0.15, -0.1) is 0 Å². The molecule has 4 heterocycles. The van der Waals surface area contributed by atoms with E-state index in [1.54, 1.807) is 6.20 Å². The molecule has 0 radical (unpaired) electrons. The maximum absolute atomic E-state index is 13.4. The highest BCUT2D eigenvalue weighted by atomic mass is 16.5. The van der Waals surface area contributed by atoms with Crippen LogP contribution in [0.2, 0.25) is 0 Å². The van der Waals surface area contributed by atoms with Gasteiger partial charge in [-0.05, 0) is 91.7 Å². The molecule has 0 spiro atoms. The number of aromatic amines is 1. The highest BCUT2D eigenvalue weighted by Crippen LogP contribution is 2.39. The lowest BCUT2D eigenvalue weighted by Crippen LogP contribution is -2.30. The van der Waals surface area contributed by atoms with Gasteiger partial charge in [0, 0.05) is 35.9 Å². The maximum atomic E-state index is 13.4. The topological polar surface area (TPSA) is 79.9 Å². The van der Waals surface area contributed by atoms with Gasteiger partial charge in [-0.3, -0.25) is 14.9 Å². The first kappa shape index (κ1) is 25.8. The van der Waals surface area contributed by atoms with E-state index in [0.717, 1.165) is 65.7 Å². The van der Waals surface area contributed by atoms with Crippen molar-refractivity contribution in [2.24, 2.45) is 23.7 Å². The van der Waals surface area contributed by atoms with Crippen LogP contribution in [0.1, 0.15) is 67.2 Å². The highest BCUT2D eigenvalue weighted by Gasteiger charge is 2.33. The Bertz CT molecular complexity index is 1410. The Morgan fingerprint density at radius 1 is 1.08 bits per heavy atom. The summed E-state index contributed by atoms with van der Waals surface area (Å²) in [5.41, 5.74) is 5.73. The minimum absolute atomic E-state index is 0.0996. The number of carbonyl (C=O) groups excluding carboxylic acids is 1. The number of nitrogens with one attached hydrogen (secondary N) is 2. The number of carbonyl (C=O) groups is 1.